The Labute approximate surface area is 254 Å². The fraction of sp³-hybridized carbons (Fsp3) is 0.323. The number of hydrogen-bond donors (Lipinski definition) is 1. The van der Waals surface area contributed by atoms with Crippen LogP contribution in [-0.4, -0.2) is 67.6 Å². The van der Waals surface area contributed by atoms with E-state index in [4.69, 9.17) is 0 Å². The predicted octanol–water partition coefficient (Wildman–Crippen LogP) is 5.77. The molecule has 1 aromatic heterocycles. The topological polar surface area (TPSA) is 109 Å². The first-order chi connectivity index (χ1) is 20.6. The zero-order valence-corrected chi connectivity index (χ0v) is 25.5. The van der Waals surface area contributed by atoms with E-state index in [0.717, 1.165) is 17.7 Å². The number of allylic oxidation sites excluding steroid dienone is 3. The smallest absolute Gasteiger partial charge is 0.404 e. The van der Waals surface area contributed by atoms with Gasteiger partial charge in [-0.15, -0.1) is 13.2 Å². The number of ether oxygens (including phenoxy) is 1. The van der Waals surface area contributed by atoms with E-state index in [2.05, 4.69) is 14.4 Å². The summed E-state index contributed by atoms with van der Waals surface area (Å²) in [4.78, 5) is 33.5. The number of carbonyl (C=O) groups excluding carboxylic acids is 2. The van der Waals surface area contributed by atoms with Crippen LogP contribution >= 0.6 is 0 Å². The number of benzene rings is 2. The van der Waals surface area contributed by atoms with Gasteiger partial charge in [0.05, 0.1) is 16.6 Å². The lowest BCUT2D eigenvalue weighted by Gasteiger charge is -2.39. The molecule has 0 bridgehead atoms. The summed E-state index contributed by atoms with van der Waals surface area (Å²) >= 11 is 0. The molecule has 1 aliphatic rings. The zero-order chi connectivity index (χ0) is 32.3. The average molecular weight is 631 g/mol. The summed E-state index contributed by atoms with van der Waals surface area (Å²) in [6.45, 7) is 8.23. The first-order valence-corrected chi connectivity index (χ1v) is 15.3. The largest absolute Gasteiger partial charge is 0.573 e. The van der Waals surface area contributed by atoms with E-state index in [-0.39, 0.29) is 48.1 Å². The van der Waals surface area contributed by atoms with Crippen LogP contribution in [0.15, 0.2) is 83.4 Å². The van der Waals surface area contributed by atoms with Crippen molar-refractivity contribution in [3.05, 3.63) is 84.1 Å². The molecular formula is C31H33F3N4O5S. The number of hydrogen-bond acceptors (Lipinski definition) is 6. The maximum Gasteiger partial charge on any atom is 0.573 e. The number of aromatic nitrogens is 1. The Kier molecular flexibility index (Phi) is 9.38. The van der Waals surface area contributed by atoms with Gasteiger partial charge < -0.3 is 14.5 Å². The minimum absolute atomic E-state index is 0.0956. The lowest BCUT2D eigenvalue weighted by molar-refractivity contribution is -0.274. The van der Waals surface area contributed by atoms with Gasteiger partial charge in [-0.1, -0.05) is 42.0 Å². The van der Waals surface area contributed by atoms with Crippen LogP contribution in [0, 0.1) is 5.41 Å². The van der Waals surface area contributed by atoms with Crippen LogP contribution in [0.1, 0.15) is 38.1 Å². The highest BCUT2D eigenvalue weighted by Crippen LogP contribution is 2.34. The molecule has 2 amide bonds. The van der Waals surface area contributed by atoms with Crippen LogP contribution in [0.3, 0.4) is 0 Å². The second-order valence-electron chi connectivity index (χ2n) is 10.8. The van der Waals surface area contributed by atoms with Gasteiger partial charge in [-0.25, -0.2) is 8.42 Å². The number of pyridine rings is 1. The molecule has 1 aliphatic heterocycles. The van der Waals surface area contributed by atoms with Gasteiger partial charge >= 0.3 is 6.36 Å². The Morgan fingerprint density at radius 2 is 1.66 bits per heavy atom. The third kappa shape index (κ3) is 7.21. The quantitative estimate of drug-likeness (QED) is 0.317. The molecule has 0 unspecified atom stereocenters. The summed E-state index contributed by atoms with van der Waals surface area (Å²) < 4.78 is 72.9. The molecule has 0 saturated carbocycles. The Hall–Kier alpha value is -4.39. The molecule has 9 nitrogen and oxygen atoms in total. The third-order valence-electron chi connectivity index (χ3n) is 7.50. The Morgan fingerprint density at radius 3 is 2.32 bits per heavy atom. The Morgan fingerprint density at radius 1 is 1.00 bits per heavy atom. The van der Waals surface area contributed by atoms with Crippen molar-refractivity contribution in [3.8, 4) is 5.75 Å². The van der Waals surface area contributed by atoms with Crippen LogP contribution in [0.5, 0.6) is 5.75 Å². The van der Waals surface area contributed by atoms with Crippen molar-refractivity contribution in [2.45, 2.75) is 39.0 Å². The Balaban J connectivity index is 1.54. The standard InChI is InChI=1S/C31H33F3N4O5S/c1-5-6-9-21(2)30(3,4)29(40)38-18-16-37(17-19-38)28(39)23-13-14-24(25(20-23)43-31(32,33)34)36-44(41,42)26-12-7-10-22-11-8-15-35-27(22)26/h5-15,20,36H,16-19H2,1-4H3/b6-5-,21-9+. The highest BCUT2D eigenvalue weighted by molar-refractivity contribution is 7.93. The summed E-state index contributed by atoms with van der Waals surface area (Å²) in [7, 11) is -4.41. The van der Waals surface area contributed by atoms with Gasteiger partial charge in [-0.3, -0.25) is 19.3 Å². The van der Waals surface area contributed by atoms with E-state index >= 15 is 0 Å². The van der Waals surface area contributed by atoms with Crippen molar-refractivity contribution < 1.29 is 35.9 Å². The van der Waals surface area contributed by atoms with Crippen LogP contribution < -0.4 is 9.46 Å². The number of sulfonamides is 1. The number of carbonyl (C=O) groups is 2. The molecule has 2 aromatic carbocycles. The zero-order valence-electron chi connectivity index (χ0n) is 24.7. The normalized spacial score (nSPS) is 15.1. The van der Waals surface area contributed by atoms with Gasteiger partial charge in [0.1, 0.15) is 4.90 Å². The van der Waals surface area contributed by atoms with Gasteiger partial charge in [-0.2, -0.15) is 0 Å². The van der Waals surface area contributed by atoms with Crippen LogP contribution in [0.25, 0.3) is 10.9 Å². The molecule has 0 atom stereocenters. The molecule has 234 valence electrons. The predicted molar refractivity (Wildman–Crippen MR) is 161 cm³/mol. The Bertz CT molecular complexity index is 1720. The molecule has 2 heterocycles. The number of alkyl halides is 3. The van der Waals surface area contributed by atoms with Gasteiger partial charge in [-0.05, 0) is 58.0 Å². The molecule has 0 radical (unpaired) electrons. The molecule has 13 heteroatoms. The minimum atomic E-state index is -5.17. The third-order valence-corrected chi connectivity index (χ3v) is 8.89. The van der Waals surface area contributed by atoms with E-state index < -0.39 is 39.1 Å². The lowest BCUT2D eigenvalue weighted by Crippen LogP contribution is -2.53. The monoisotopic (exact) mass is 630 g/mol. The van der Waals surface area contributed by atoms with Crippen LogP contribution in [-0.2, 0) is 14.8 Å². The van der Waals surface area contributed by atoms with Crippen LogP contribution in [0.4, 0.5) is 18.9 Å². The van der Waals surface area contributed by atoms with E-state index in [0.29, 0.717) is 5.39 Å². The van der Waals surface area contributed by atoms with Crippen molar-refractivity contribution in [1.29, 1.82) is 0 Å². The molecule has 0 spiro atoms. The van der Waals surface area contributed by atoms with E-state index in [1.54, 1.807) is 23.1 Å². The minimum Gasteiger partial charge on any atom is -0.404 e. The highest BCUT2D eigenvalue weighted by atomic mass is 32.2. The highest BCUT2D eigenvalue weighted by Gasteiger charge is 2.36. The molecule has 0 aliphatic carbocycles. The van der Waals surface area contributed by atoms with Gasteiger partial charge in [0.2, 0.25) is 5.91 Å². The number of anilines is 1. The number of fused-ring (bicyclic) bond motifs is 1. The number of nitrogens with one attached hydrogen (secondary N) is 1. The molecule has 1 saturated heterocycles. The van der Waals surface area contributed by atoms with Crippen molar-refractivity contribution in [2.24, 2.45) is 5.41 Å². The maximum absolute atomic E-state index is 13.4. The number of halogens is 3. The maximum atomic E-state index is 13.4. The fourth-order valence-electron chi connectivity index (χ4n) is 4.75. The summed E-state index contributed by atoms with van der Waals surface area (Å²) in [5.74, 6) is -1.57. The molecular weight excluding hydrogens is 597 g/mol. The number of piperazine rings is 1. The molecule has 3 aromatic rings. The van der Waals surface area contributed by atoms with Gasteiger partial charge in [0, 0.05) is 43.3 Å². The van der Waals surface area contributed by atoms with Crippen molar-refractivity contribution in [3.63, 3.8) is 0 Å². The summed E-state index contributed by atoms with van der Waals surface area (Å²) in [5.41, 5.74) is -0.391. The number of amides is 2. The van der Waals surface area contributed by atoms with E-state index in [9.17, 15) is 31.2 Å². The molecule has 4 rings (SSSR count). The van der Waals surface area contributed by atoms with Crippen molar-refractivity contribution in [1.82, 2.24) is 14.8 Å². The summed E-state index contributed by atoms with van der Waals surface area (Å²) in [6, 6.07) is 10.8. The lowest BCUT2D eigenvalue weighted by atomic mass is 9.83. The summed E-state index contributed by atoms with van der Waals surface area (Å²) in [6.07, 6.45) is 1.83. The van der Waals surface area contributed by atoms with E-state index in [1.165, 1.54) is 29.3 Å². The fourth-order valence-corrected chi connectivity index (χ4v) is 6.00. The van der Waals surface area contributed by atoms with E-state index in [1.807, 2.05) is 45.9 Å². The van der Waals surface area contributed by atoms with Crippen molar-refractivity contribution >= 4 is 38.4 Å². The molecule has 1 N–H and O–H groups in total. The molecule has 1 fully saturated rings. The second-order valence-corrected chi connectivity index (χ2v) is 12.4. The SMILES string of the molecule is C/C=C\C=C(/C)C(C)(C)C(=O)N1CCN(C(=O)c2ccc(NS(=O)(=O)c3cccc4cccnc34)c(OC(F)(F)F)c2)CC1. The second kappa shape index (κ2) is 12.7. The van der Waals surface area contributed by atoms with Gasteiger partial charge in [0.25, 0.3) is 15.9 Å². The summed E-state index contributed by atoms with van der Waals surface area (Å²) in [5, 5.41) is 0.522. The van der Waals surface area contributed by atoms with Crippen LogP contribution in [0.2, 0.25) is 0 Å². The first-order valence-electron chi connectivity index (χ1n) is 13.8. The number of rotatable bonds is 8. The first kappa shape index (κ1) is 32.5. The van der Waals surface area contributed by atoms with Crippen molar-refractivity contribution in [2.75, 3.05) is 30.9 Å². The number of nitrogens with zero attached hydrogens (tertiary/aromatic N) is 3. The average Bonchev–Trinajstić information content (AvgIpc) is 2.98. The molecule has 44 heavy (non-hydrogen) atoms. The van der Waals surface area contributed by atoms with Gasteiger partial charge in [0.15, 0.2) is 5.75 Å². The number of para-hydroxylation sites is 1.